The van der Waals surface area contributed by atoms with Crippen molar-refractivity contribution in [3.8, 4) is 5.75 Å². The van der Waals surface area contributed by atoms with E-state index in [0.717, 1.165) is 23.2 Å². The van der Waals surface area contributed by atoms with Crippen LogP contribution in [-0.2, 0) is 18.0 Å². The fourth-order valence-corrected chi connectivity index (χ4v) is 2.41. The van der Waals surface area contributed by atoms with Gasteiger partial charge in [-0.1, -0.05) is 48.5 Å². The summed E-state index contributed by atoms with van der Waals surface area (Å²) in [6.45, 7) is 0.553. The van der Waals surface area contributed by atoms with Gasteiger partial charge in [-0.3, -0.25) is 4.79 Å². The number of carbonyl (C=O) groups excluding carboxylic acids is 2. The van der Waals surface area contributed by atoms with Crippen LogP contribution in [0.3, 0.4) is 0 Å². The Hall–Kier alpha value is -3.40. The van der Waals surface area contributed by atoms with Gasteiger partial charge in [0.25, 0.3) is 0 Å². The Balaban J connectivity index is 1.54. The van der Waals surface area contributed by atoms with Crippen LogP contribution in [0.5, 0.6) is 5.75 Å². The van der Waals surface area contributed by atoms with Crippen molar-refractivity contribution in [2.45, 2.75) is 13.2 Å². The molecule has 26 heavy (non-hydrogen) atoms. The summed E-state index contributed by atoms with van der Waals surface area (Å²) in [7, 11) is 0. The van der Waals surface area contributed by atoms with Crippen LogP contribution in [0.4, 0.5) is 0 Å². The molecule has 0 unspecified atom stereocenters. The molecular weight excluding hydrogens is 328 g/mol. The van der Waals surface area contributed by atoms with Gasteiger partial charge >= 0.3 is 5.97 Å². The minimum atomic E-state index is -0.406. The number of hydrogen-bond donors (Lipinski definition) is 0. The van der Waals surface area contributed by atoms with Crippen molar-refractivity contribution in [1.82, 2.24) is 0 Å². The lowest BCUT2D eigenvalue weighted by Crippen LogP contribution is -2.06. The van der Waals surface area contributed by atoms with E-state index in [1.54, 1.807) is 30.3 Å². The lowest BCUT2D eigenvalue weighted by Gasteiger charge is -2.08. The normalized spacial score (nSPS) is 10.2. The van der Waals surface area contributed by atoms with Gasteiger partial charge < -0.3 is 9.47 Å². The van der Waals surface area contributed by atoms with Gasteiger partial charge in [-0.05, 0) is 41.5 Å². The zero-order valence-corrected chi connectivity index (χ0v) is 14.1. The summed E-state index contributed by atoms with van der Waals surface area (Å²) in [5.74, 6) is 0.394. The highest BCUT2D eigenvalue weighted by Gasteiger charge is 2.08. The quantitative estimate of drug-likeness (QED) is 0.469. The highest BCUT2D eigenvalue weighted by molar-refractivity contribution is 5.89. The molecule has 0 saturated carbocycles. The fourth-order valence-electron chi connectivity index (χ4n) is 2.41. The molecule has 130 valence electrons. The van der Waals surface area contributed by atoms with Gasteiger partial charge in [0.2, 0.25) is 0 Å². The smallest absolute Gasteiger partial charge is 0.338 e. The summed E-state index contributed by atoms with van der Waals surface area (Å²) in [4.78, 5) is 22.9. The van der Waals surface area contributed by atoms with E-state index in [2.05, 4.69) is 0 Å². The fraction of sp³-hybridized carbons (Fsp3) is 0.0909. The van der Waals surface area contributed by atoms with E-state index >= 15 is 0 Å². The maximum atomic E-state index is 12.1. The molecule has 0 spiro atoms. The molecular formula is C22H18O4. The summed E-state index contributed by atoms with van der Waals surface area (Å²) in [6, 6.07) is 23.6. The van der Waals surface area contributed by atoms with Crippen molar-refractivity contribution < 1.29 is 19.1 Å². The van der Waals surface area contributed by atoms with E-state index in [4.69, 9.17) is 9.47 Å². The SMILES string of the molecule is O=Cc1cccc(COC(=O)c2ccc(COc3ccccc3)cc2)c1. The minimum absolute atomic E-state index is 0.124. The molecule has 3 aromatic rings. The van der Waals surface area contributed by atoms with Crippen LogP contribution in [-0.4, -0.2) is 12.3 Å². The lowest BCUT2D eigenvalue weighted by atomic mass is 10.1. The maximum absolute atomic E-state index is 12.1. The summed E-state index contributed by atoms with van der Waals surface area (Å²) >= 11 is 0. The highest BCUT2D eigenvalue weighted by atomic mass is 16.5. The Labute approximate surface area is 152 Å². The van der Waals surface area contributed by atoms with Crippen LogP contribution >= 0.6 is 0 Å². The maximum Gasteiger partial charge on any atom is 0.338 e. The highest BCUT2D eigenvalue weighted by Crippen LogP contribution is 2.13. The number of ether oxygens (including phenoxy) is 2. The second kappa shape index (κ2) is 8.62. The second-order valence-corrected chi connectivity index (χ2v) is 5.74. The predicted octanol–water partition coefficient (Wildman–Crippen LogP) is 4.44. The van der Waals surface area contributed by atoms with Crippen LogP contribution in [0.15, 0.2) is 78.9 Å². The van der Waals surface area contributed by atoms with Crippen molar-refractivity contribution in [2.24, 2.45) is 0 Å². The first-order valence-electron chi connectivity index (χ1n) is 8.22. The standard InChI is InChI=1S/C22H18O4/c23-14-18-5-4-6-19(13-18)16-26-22(24)20-11-9-17(10-12-20)15-25-21-7-2-1-3-8-21/h1-14H,15-16H2. The van der Waals surface area contributed by atoms with E-state index in [0.29, 0.717) is 17.7 Å². The molecule has 0 amide bonds. The number of esters is 1. The molecule has 0 atom stereocenters. The minimum Gasteiger partial charge on any atom is -0.489 e. The molecule has 0 bridgehead atoms. The van der Waals surface area contributed by atoms with Crippen molar-refractivity contribution in [1.29, 1.82) is 0 Å². The van der Waals surface area contributed by atoms with Gasteiger partial charge in [0, 0.05) is 5.56 Å². The number of carbonyl (C=O) groups is 2. The van der Waals surface area contributed by atoms with Crippen molar-refractivity contribution in [3.63, 3.8) is 0 Å². The third-order valence-electron chi connectivity index (χ3n) is 3.80. The van der Waals surface area contributed by atoms with Crippen LogP contribution < -0.4 is 4.74 Å². The molecule has 0 radical (unpaired) electrons. The Morgan fingerprint density at radius 2 is 1.58 bits per heavy atom. The number of hydrogen-bond acceptors (Lipinski definition) is 4. The largest absolute Gasteiger partial charge is 0.489 e. The monoisotopic (exact) mass is 346 g/mol. The number of rotatable bonds is 7. The summed E-state index contributed by atoms with van der Waals surface area (Å²) in [5.41, 5.74) is 2.77. The van der Waals surface area contributed by atoms with Gasteiger partial charge in [0.15, 0.2) is 0 Å². The summed E-state index contributed by atoms with van der Waals surface area (Å²) in [6.07, 6.45) is 0.765. The molecule has 4 nitrogen and oxygen atoms in total. The Bertz CT molecular complexity index is 870. The van der Waals surface area contributed by atoms with Crippen molar-refractivity contribution in [3.05, 3.63) is 101 Å². The number of aldehydes is 1. The van der Waals surface area contributed by atoms with Crippen molar-refractivity contribution >= 4 is 12.3 Å². The molecule has 0 heterocycles. The lowest BCUT2D eigenvalue weighted by molar-refractivity contribution is 0.0472. The van der Waals surface area contributed by atoms with E-state index in [-0.39, 0.29) is 6.61 Å². The number of benzene rings is 3. The first-order valence-corrected chi connectivity index (χ1v) is 8.22. The Morgan fingerprint density at radius 3 is 2.31 bits per heavy atom. The van der Waals surface area contributed by atoms with Crippen molar-refractivity contribution in [2.75, 3.05) is 0 Å². The molecule has 0 N–H and O–H groups in total. The second-order valence-electron chi connectivity index (χ2n) is 5.74. The Kier molecular flexibility index (Phi) is 5.78. The zero-order valence-electron chi connectivity index (χ0n) is 14.1. The average Bonchev–Trinajstić information content (AvgIpc) is 2.72. The third-order valence-corrected chi connectivity index (χ3v) is 3.80. The van der Waals surface area contributed by atoms with Crippen LogP contribution in [0, 0.1) is 0 Å². The topological polar surface area (TPSA) is 52.6 Å². The predicted molar refractivity (Wildman–Crippen MR) is 98.2 cm³/mol. The molecule has 0 aromatic heterocycles. The van der Waals surface area contributed by atoms with E-state index in [1.807, 2.05) is 48.5 Å². The van der Waals surface area contributed by atoms with E-state index < -0.39 is 5.97 Å². The van der Waals surface area contributed by atoms with E-state index in [9.17, 15) is 9.59 Å². The third kappa shape index (κ3) is 4.80. The molecule has 0 aliphatic heterocycles. The van der Waals surface area contributed by atoms with Gasteiger partial charge in [0.1, 0.15) is 25.2 Å². The molecule has 0 aliphatic rings. The van der Waals surface area contributed by atoms with Crippen LogP contribution in [0.25, 0.3) is 0 Å². The Morgan fingerprint density at radius 1 is 0.808 bits per heavy atom. The summed E-state index contributed by atoms with van der Waals surface area (Å²) in [5, 5.41) is 0. The van der Waals surface area contributed by atoms with Gasteiger partial charge in [0.05, 0.1) is 5.56 Å². The molecule has 0 saturated heterocycles. The molecule has 0 aliphatic carbocycles. The van der Waals surface area contributed by atoms with Crippen LogP contribution in [0.1, 0.15) is 31.8 Å². The number of para-hydroxylation sites is 1. The molecule has 4 heteroatoms. The first-order chi connectivity index (χ1) is 12.7. The van der Waals surface area contributed by atoms with E-state index in [1.165, 1.54) is 0 Å². The molecule has 0 fully saturated rings. The van der Waals surface area contributed by atoms with Gasteiger partial charge in [-0.25, -0.2) is 4.79 Å². The zero-order chi connectivity index (χ0) is 18.2. The molecule has 3 aromatic carbocycles. The molecule has 3 rings (SSSR count). The van der Waals surface area contributed by atoms with Crippen LogP contribution in [0.2, 0.25) is 0 Å². The average molecular weight is 346 g/mol. The van der Waals surface area contributed by atoms with Gasteiger partial charge in [-0.15, -0.1) is 0 Å². The van der Waals surface area contributed by atoms with Gasteiger partial charge in [-0.2, -0.15) is 0 Å². The first kappa shape index (κ1) is 17.4. The summed E-state index contributed by atoms with van der Waals surface area (Å²) < 4.78 is 11.0.